The van der Waals surface area contributed by atoms with Crippen LogP contribution < -0.4 is 0 Å². The van der Waals surface area contributed by atoms with E-state index in [-0.39, 0.29) is 0 Å². The van der Waals surface area contributed by atoms with Crippen LogP contribution in [-0.2, 0) is 5.60 Å². The smallest absolute Gasteiger partial charge is 0.192 e. The van der Waals surface area contributed by atoms with Crippen molar-refractivity contribution < 1.29 is 9.52 Å². The summed E-state index contributed by atoms with van der Waals surface area (Å²) in [6, 6.07) is 5.73. The number of fused-ring (bicyclic) bond motifs is 1. The van der Waals surface area contributed by atoms with Gasteiger partial charge in [-0.25, -0.2) is 4.98 Å². The molecule has 0 aliphatic heterocycles. The minimum absolute atomic E-state index is 0.647. The molecular formula is C11H11NO2. The zero-order valence-corrected chi connectivity index (χ0v) is 7.95. The van der Waals surface area contributed by atoms with Gasteiger partial charge in [-0.1, -0.05) is 12.1 Å². The summed E-state index contributed by atoms with van der Waals surface area (Å²) in [7, 11) is 0. The number of rotatable bonds is 1. The highest BCUT2D eigenvalue weighted by Gasteiger charge is 2.44. The summed E-state index contributed by atoms with van der Waals surface area (Å²) in [6.45, 7) is 1.82. The van der Waals surface area contributed by atoms with Crippen molar-refractivity contribution in [1.29, 1.82) is 0 Å². The molecule has 14 heavy (non-hydrogen) atoms. The Labute approximate surface area is 81.4 Å². The maximum absolute atomic E-state index is 10.0. The third-order valence-corrected chi connectivity index (χ3v) is 2.75. The van der Waals surface area contributed by atoms with Crippen molar-refractivity contribution in [2.24, 2.45) is 0 Å². The van der Waals surface area contributed by atoms with Crippen LogP contribution in [0, 0.1) is 6.92 Å². The standard InChI is InChI=1S/C11H11NO2/c1-7-12-9-4-2-3-8(10(9)14-7)11(13)5-6-11/h2-4,13H,5-6H2,1H3. The third kappa shape index (κ3) is 0.990. The molecule has 0 spiro atoms. The topological polar surface area (TPSA) is 46.3 Å². The van der Waals surface area contributed by atoms with Crippen molar-refractivity contribution in [1.82, 2.24) is 4.98 Å². The molecule has 1 aromatic heterocycles. The molecule has 1 saturated carbocycles. The molecule has 1 aliphatic carbocycles. The van der Waals surface area contributed by atoms with Gasteiger partial charge < -0.3 is 9.52 Å². The van der Waals surface area contributed by atoms with Crippen LogP contribution in [0.1, 0.15) is 24.3 Å². The first kappa shape index (κ1) is 8.00. The molecule has 1 N–H and O–H groups in total. The van der Waals surface area contributed by atoms with Crippen LogP contribution >= 0.6 is 0 Å². The van der Waals surface area contributed by atoms with Gasteiger partial charge in [0.15, 0.2) is 11.5 Å². The highest BCUT2D eigenvalue weighted by atomic mass is 16.4. The first-order valence-corrected chi connectivity index (χ1v) is 4.78. The summed E-state index contributed by atoms with van der Waals surface area (Å²) in [5.41, 5.74) is 1.81. The van der Waals surface area contributed by atoms with Gasteiger partial charge in [0.1, 0.15) is 5.52 Å². The predicted octanol–water partition coefficient (Wildman–Crippen LogP) is 2.12. The predicted molar refractivity (Wildman–Crippen MR) is 51.9 cm³/mol. The quantitative estimate of drug-likeness (QED) is 0.747. The molecule has 1 fully saturated rings. The lowest BCUT2D eigenvalue weighted by atomic mass is 10.1. The molecule has 3 rings (SSSR count). The summed E-state index contributed by atoms with van der Waals surface area (Å²) < 4.78 is 5.49. The summed E-state index contributed by atoms with van der Waals surface area (Å²) in [4.78, 5) is 4.24. The van der Waals surface area contributed by atoms with Crippen LogP contribution in [0.15, 0.2) is 22.6 Å². The first-order valence-electron chi connectivity index (χ1n) is 4.78. The lowest BCUT2D eigenvalue weighted by Crippen LogP contribution is -2.03. The van der Waals surface area contributed by atoms with E-state index in [4.69, 9.17) is 4.42 Å². The van der Waals surface area contributed by atoms with Crippen molar-refractivity contribution in [2.75, 3.05) is 0 Å². The normalized spacial score (nSPS) is 18.7. The molecule has 0 atom stereocenters. The van der Waals surface area contributed by atoms with Crippen molar-refractivity contribution in [3.63, 3.8) is 0 Å². The summed E-state index contributed by atoms with van der Waals surface area (Å²) in [5.74, 6) is 0.650. The van der Waals surface area contributed by atoms with Crippen LogP contribution in [0.2, 0.25) is 0 Å². The lowest BCUT2D eigenvalue weighted by molar-refractivity contribution is 0.152. The molecular weight excluding hydrogens is 178 g/mol. The number of aryl methyl sites for hydroxylation is 1. The average Bonchev–Trinajstić information content (AvgIpc) is 2.78. The molecule has 3 nitrogen and oxygen atoms in total. The Bertz CT molecular complexity index is 497. The lowest BCUT2D eigenvalue weighted by Gasteiger charge is -2.06. The molecule has 72 valence electrons. The second kappa shape index (κ2) is 2.36. The molecule has 0 bridgehead atoms. The van der Waals surface area contributed by atoms with E-state index in [1.54, 1.807) is 0 Å². The van der Waals surface area contributed by atoms with E-state index in [0.29, 0.717) is 5.89 Å². The molecule has 1 aromatic carbocycles. The Morgan fingerprint density at radius 1 is 1.43 bits per heavy atom. The zero-order chi connectivity index (χ0) is 9.76. The number of oxazole rings is 1. The van der Waals surface area contributed by atoms with E-state index in [9.17, 15) is 5.11 Å². The number of aliphatic hydroxyl groups is 1. The van der Waals surface area contributed by atoms with Gasteiger partial charge in [0.25, 0.3) is 0 Å². The molecule has 3 heteroatoms. The fourth-order valence-corrected chi connectivity index (χ4v) is 1.81. The average molecular weight is 189 g/mol. The summed E-state index contributed by atoms with van der Waals surface area (Å²) in [6.07, 6.45) is 1.65. The molecule has 2 aromatic rings. The SMILES string of the molecule is Cc1nc2cccc(C3(O)CC3)c2o1. The third-order valence-electron chi connectivity index (χ3n) is 2.75. The maximum Gasteiger partial charge on any atom is 0.192 e. The maximum atomic E-state index is 10.0. The minimum Gasteiger partial charge on any atom is -0.441 e. The largest absolute Gasteiger partial charge is 0.441 e. The Morgan fingerprint density at radius 2 is 2.21 bits per heavy atom. The summed E-state index contributed by atoms with van der Waals surface area (Å²) >= 11 is 0. The number of hydrogen-bond acceptors (Lipinski definition) is 3. The highest BCUT2D eigenvalue weighted by Crippen LogP contribution is 2.47. The van der Waals surface area contributed by atoms with Crippen LogP contribution in [0.25, 0.3) is 11.1 Å². The monoisotopic (exact) mass is 189 g/mol. The first-order chi connectivity index (χ1) is 6.69. The summed E-state index contributed by atoms with van der Waals surface area (Å²) in [5, 5.41) is 10.0. The van der Waals surface area contributed by atoms with Gasteiger partial charge in [-0.05, 0) is 18.9 Å². The van der Waals surface area contributed by atoms with E-state index < -0.39 is 5.60 Å². The van der Waals surface area contributed by atoms with Gasteiger partial charge in [-0.2, -0.15) is 0 Å². The second-order valence-corrected chi connectivity index (χ2v) is 3.92. The van der Waals surface area contributed by atoms with E-state index in [1.165, 1.54) is 0 Å². The zero-order valence-electron chi connectivity index (χ0n) is 7.95. The minimum atomic E-state index is -0.647. The van der Waals surface area contributed by atoms with Crippen LogP contribution in [0.5, 0.6) is 0 Å². The molecule has 0 unspecified atom stereocenters. The van der Waals surface area contributed by atoms with E-state index in [1.807, 2.05) is 25.1 Å². The number of nitrogens with zero attached hydrogens (tertiary/aromatic N) is 1. The van der Waals surface area contributed by atoms with E-state index in [0.717, 1.165) is 29.5 Å². The second-order valence-electron chi connectivity index (χ2n) is 3.92. The highest BCUT2D eigenvalue weighted by molar-refractivity contribution is 5.77. The molecule has 0 amide bonds. The van der Waals surface area contributed by atoms with Gasteiger partial charge in [0, 0.05) is 12.5 Å². The Balaban J connectivity index is 2.32. The van der Waals surface area contributed by atoms with E-state index in [2.05, 4.69) is 4.98 Å². The van der Waals surface area contributed by atoms with Gasteiger partial charge >= 0.3 is 0 Å². The van der Waals surface area contributed by atoms with Crippen LogP contribution in [0.3, 0.4) is 0 Å². The molecule has 0 saturated heterocycles. The van der Waals surface area contributed by atoms with E-state index >= 15 is 0 Å². The van der Waals surface area contributed by atoms with Gasteiger partial charge in [-0.15, -0.1) is 0 Å². The van der Waals surface area contributed by atoms with Crippen molar-refractivity contribution in [3.05, 3.63) is 29.7 Å². The molecule has 0 radical (unpaired) electrons. The molecule has 1 aliphatic rings. The Hall–Kier alpha value is -1.35. The van der Waals surface area contributed by atoms with Crippen molar-refractivity contribution >= 4 is 11.1 Å². The number of benzene rings is 1. The van der Waals surface area contributed by atoms with Gasteiger partial charge in [0.05, 0.1) is 5.60 Å². The Morgan fingerprint density at radius 3 is 2.93 bits per heavy atom. The number of hydrogen-bond donors (Lipinski definition) is 1. The fourth-order valence-electron chi connectivity index (χ4n) is 1.81. The number of aromatic nitrogens is 1. The van der Waals surface area contributed by atoms with Crippen LogP contribution in [-0.4, -0.2) is 10.1 Å². The Kier molecular flexibility index (Phi) is 1.35. The van der Waals surface area contributed by atoms with Gasteiger partial charge in [0.2, 0.25) is 0 Å². The van der Waals surface area contributed by atoms with Crippen molar-refractivity contribution in [3.8, 4) is 0 Å². The van der Waals surface area contributed by atoms with Crippen molar-refractivity contribution in [2.45, 2.75) is 25.4 Å². The number of para-hydroxylation sites is 1. The molecule has 1 heterocycles. The van der Waals surface area contributed by atoms with Crippen LogP contribution in [0.4, 0.5) is 0 Å². The van der Waals surface area contributed by atoms with Gasteiger partial charge in [-0.3, -0.25) is 0 Å². The fraction of sp³-hybridized carbons (Fsp3) is 0.364.